The molecule has 0 spiro atoms. The van der Waals surface area contributed by atoms with Gasteiger partial charge in [0.2, 0.25) is 0 Å². The van der Waals surface area contributed by atoms with Crippen LogP contribution in [0.5, 0.6) is 0 Å². The average Bonchev–Trinajstić information content (AvgIpc) is 2.94. The first-order chi connectivity index (χ1) is 11.1. The number of aromatic amines is 2. The van der Waals surface area contributed by atoms with E-state index in [1.165, 1.54) is 6.20 Å². The molecule has 1 aliphatic rings. The summed E-state index contributed by atoms with van der Waals surface area (Å²) >= 11 is 0. The fraction of sp³-hybridized carbons (Fsp3) is 0.429. The van der Waals surface area contributed by atoms with E-state index in [0.717, 1.165) is 38.7 Å². The van der Waals surface area contributed by atoms with Crippen LogP contribution in [-0.2, 0) is 11.3 Å². The van der Waals surface area contributed by atoms with Crippen molar-refractivity contribution in [2.75, 3.05) is 18.5 Å². The molecular formula is C14H17N5O4. The molecule has 3 rings (SSSR count). The van der Waals surface area contributed by atoms with Gasteiger partial charge in [-0.2, -0.15) is 5.10 Å². The maximum Gasteiger partial charge on any atom is 0.326 e. The van der Waals surface area contributed by atoms with Crippen molar-refractivity contribution >= 4 is 11.6 Å². The van der Waals surface area contributed by atoms with E-state index in [4.69, 9.17) is 4.74 Å². The maximum atomic E-state index is 12.0. The second-order valence-corrected chi connectivity index (χ2v) is 5.46. The summed E-state index contributed by atoms with van der Waals surface area (Å²) in [4.78, 5) is 38.7. The largest absolute Gasteiger partial charge is 0.381 e. The van der Waals surface area contributed by atoms with Gasteiger partial charge in [0, 0.05) is 32.0 Å². The Hall–Kier alpha value is -2.68. The molecule has 122 valence electrons. The van der Waals surface area contributed by atoms with E-state index in [-0.39, 0.29) is 5.69 Å². The normalized spacial score (nSPS) is 15.5. The number of amides is 1. The van der Waals surface area contributed by atoms with Crippen LogP contribution in [0, 0.1) is 5.92 Å². The minimum atomic E-state index is -0.724. The number of ether oxygens (including phenoxy) is 1. The summed E-state index contributed by atoms with van der Waals surface area (Å²) in [6, 6.07) is 1.03. The predicted octanol–water partition coefficient (Wildman–Crippen LogP) is -0.0614. The first kappa shape index (κ1) is 15.2. The molecule has 0 atom stereocenters. The number of anilines is 1. The van der Waals surface area contributed by atoms with Crippen LogP contribution in [0.3, 0.4) is 0 Å². The SMILES string of the molecule is O=C(Nc1cnn(CC2CCOCC2)c1)c1cc(=O)[nH]c(=O)[nH]1. The number of rotatable bonds is 4. The third-order valence-corrected chi connectivity index (χ3v) is 3.68. The van der Waals surface area contributed by atoms with Gasteiger partial charge in [-0.25, -0.2) is 4.79 Å². The summed E-state index contributed by atoms with van der Waals surface area (Å²) in [5, 5.41) is 6.81. The van der Waals surface area contributed by atoms with E-state index in [1.54, 1.807) is 10.9 Å². The van der Waals surface area contributed by atoms with Gasteiger partial charge in [-0.1, -0.05) is 0 Å². The highest BCUT2D eigenvalue weighted by atomic mass is 16.5. The number of carbonyl (C=O) groups is 1. The Bertz CT molecular complexity index is 771. The molecule has 0 aromatic carbocycles. The molecule has 1 saturated heterocycles. The van der Waals surface area contributed by atoms with Crippen molar-refractivity contribution < 1.29 is 9.53 Å². The molecule has 23 heavy (non-hydrogen) atoms. The number of H-pyrrole nitrogens is 2. The van der Waals surface area contributed by atoms with Gasteiger partial charge in [0.25, 0.3) is 11.5 Å². The summed E-state index contributed by atoms with van der Waals surface area (Å²) in [5.41, 5.74) is -0.953. The number of hydrogen-bond donors (Lipinski definition) is 3. The lowest BCUT2D eigenvalue weighted by Gasteiger charge is -2.21. The minimum Gasteiger partial charge on any atom is -0.381 e. The molecule has 2 aromatic heterocycles. The van der Waals surface area contributed by atoms with Crippen molar-refractivity contribution in [1.82, 2.24) is 19.7 Å². The van der Waals surface area contributed by atoms with Gasteiger partial charge >= 0.3 is 5.69 Å². The smallest absolute Gasteiger partial charge is 0.326 e. The van der Waals surface area contributed by atoms with Crippen LogP contribution in [0.25, 0.3) is 0 Å². The molecule has 0 aliphatic carbocycles. The zero-order chi connectivity index (χ0) is 16.2. The maximum absolute atomic E-state index is 12.0. The van der Waals surface area contributed by atoms with Gasteiger partial charge < -0.3 is 15.0 Å². The fourth-order valence-electron chi connectivity index (χ4n) is 2.51. The lowest BCUT2D eigenvalue weighted by Crippen LogP contribution is -2.27. The quantitative estimate of drug-likeness (QED) is 0.728. The molecule has 1 fully saturated rings. The Morgan fingerprint density at radius 1 is 1.35 bits per heavy atom. The molecule has 0 bridgehead atoms. The lowest BCUT2D eigenvalue weighted by molar-refractivity contribution is 0.0601. The summed E-state index contributed by atoms with van der Waals surface area (Å²) in [6.45, 7) is 2.30. The molecule has 0 saturated carbocycles. The number of aromatic nitrogens is 4. The second-order valence-electron chi connectivity index (χ2n) is 5.46. The Balaban J connectivity index is 1.65. The first-order valence-electron chi connectivity index (χ1n) is 7.35. The fourth-order valence-corrected chi connectivity index (χ4v) is 2.51. The standard InChI is InChI=1S/C14H17N5O4/c20-12-5-11(17-14(22)18-12)13(21)16-10-6-15-19(8-10)7-9-1-3-23-4-2-9/h5-6,8-9H,1-4,7H2,(H,16,21)(H2,17,18,20,22). The lowest BCUT2D eigenvalue weighted by atomic mass is 10.0. The van der Waals surface area contributed by atoms with Gasteiger partial charge in [-0.15, -0.1) is 0 Å². The van der Waals surface area contributed by atoms with Crippen molar-refractivity contribution in [3.63, 3.8) is 0 Å². The first-order valence-corrected chi connectivity index (χ1v) is 7.35. The number of hydrogen-bond acceptors (Lipinski definition) is 5. The number of nitrogens with one attached hydrogen (secondary N) is 3. The molecule has 3 N–H and O–H groups in total. The van der Waals surface area contributed by atoms with E-state index < -0.39 is 17.2 Å². The van der Waals surface area contributed by atoms with Crippen molar-refractivity contribution in [2.24, 2.45) is 5.92 Å². The van der Waals surface area contributed by atoms with E-state index in [0.29, 0.717) is 11.6 Å². The third-order valence-electron chi connectivity index (χ3n) is 3.68. The van der Waals surface area contributed by atoms with E-state index in [2.05, 4.69) is 15.4 Å². The topological polar surface area (TPSA) is 122 Å². The van der Waals surface area contributed by atoms with Crippen molar-refractivity contribution in [3.8, 4) is 0 Å². The molecule has 9 nitrogen and oxygen atoms in total. The summed E-state index contributed by atoms with van der Waals surface area (Å²) < 4.78 is 7.09. The Labute approximate surface area is 130 Å². The van der Waals surface area contributed by atoms with Crippen LogP contribution < -0.4 is 16.6 Å². The van der Waals surface area contributed by atoms with Gasteiger partial charge in [-0.3, -0.25) is 19.3 Å². The van der Waals surface area contributed by atoms with E-state index >= 15 is 0 Å². The van der Waals surface area contributed by atoms with Crippen LogP contribution in [0.4, 0.5) is 5.69 Å². The van der Waals surface area contributed by atoms with Crippen LogP contribution in [-0.4, -0.2) is 38.9 Å². The molecule has 0 unspecified atom stereocenters. The predicted molar refractivity (Wildman–Crippen MR) is 81.4 cm³/mol. The molecule has 3 heterocycles. The highest BCUT2D eigenvalue weighted by molar-refractivity contribution is 6.02. The monoisotopic (exact) mass is 319 g/mol. The van der Waals surface area contributed by atoms with Crippen molar-refractivity contribution in [3.05, 3.63) is 45.0 Å². The van der Waals surface area contributed by atoms with Gasteiger partial charge in [-0.05, 0) is 18.8 Å². The highest BCUT2D eigenvalue weighted by Crippen LogP contribution is 2.17. The van der Waals surface area contributed by atoms with Crippen molar-refractivity contribution in [2.45, 2.75) is 19.4 Å². The molecule has 1 aliphatic heterocycles. The zero-order valence-corrected chi connectivity index (χ0v) is 12.4. The molecule has 2 aromatic rings. The van der Waals surface area contributed by atoms with Gasteiger partial charge in [0.1, 0.15) is 5.69 Å². The van der Waals surface area contributed by atoms with Crippen LogP contribution in [0.2, 0.25) is 0 Å². The zero-order valence-electron chi connectivity index (χ0n) is 12.4. The molecule has 9 heteroatoms. The Kier molecular flexibility index (Phi) is 4.38. The summed E-state index contributed by atoms with van der Waals surface area (Å²) in [7, 11) is 0. The average molecular weight is 319 g/mol. The van der Waals surface area contributed by atoms with Gasteiger partial charge in [0.05, 0.1) is 11.9 Å². The Morgan fingerprint density at radius 3 is 2.87 bits per heavy atom. The minimum absolute atomic E-state index is 0.101. The van der Waals surface area contributed by atoms with E-state index in [1.807, 2.05) is 4.98 Å². The number of carbonyl (C=O) groups excluding carboxylic acids is 1. The molecule has 0 radical (unpaired) electrons. The highest BCUT2D eigenvalue weighted by Gasteiger charge is 2.15. The summed E-state index contributed by atoms with van der Waals surface area (Å²) in [6.07, 6.45) is 5.24. The van der Waals surface area contributed by atoms with Crippen LogP contribution in [0.1, 0.15) is 23.3 Å². The van der Waals surface area contributed by atoms with Crippen molar-refractivity contribution in [1.29, 1.82) is 0 Å². The van der Waals surface area contributed by atoms with E-state index in [9.17, 15) is 14.4 Å². The van der Waals surface area contributed by atoms with Crippen LogP contribution >= 0.6 is 0 Å². The molecular weight excluding hydrogens is 302 g/mol. The van der Waals surface area contributed by atoms with Gasteiger partial charge in [0.15, 0.2) is 0 Å². The third kappa shape index (κ3) is 3.95. The molecule has 1 amide bonds. The number of nitrogens with zero attached hydrogens (tertiary/aromatic N) is 2. The summed E-state index contributed by atoms with van der Waals surface area (Å²) in [5.74, 6) is -0.0601. The second kappa shape index (κ2) is 6.61. The Morgan fingerprint density at radius 2 is 2.13 bits per heavy atom. The van der Waals surface area contributed by atoms with Crippen LogP contribution in [0.15, 0.2) is 28.0 Å².